The fourth-order valence-corrected chi connectivity index (χ4v) is 6.46. The maximum atomic E-state index is 14.0. The Hall–Kier alpha value is -3.84. The van der Waals surface area contributed by atoms with E-state index in [1.807, 2.05) is 24.3 Å². The lowest BCUT2D eigenvalue weighted by Crippen LogP contribution is -2.34. The van der Waals surface area contributed by atoms with E-state index in [2.05, 4.69) is 22.5 Å². The van der Waals surface area contributed by atoms with Gasteiger partial charge < -0.3 is 14.4 Å². The Morgan fingerprint density at radius 2 is 1.61 bits per heavy atom. The predicted molar refractivity (Wildman–Crippen MR) is 147 cm³/mol. The van der Waals surface area contributed by atoms with Crippen molar-refractivity contribution in [1.82, 2.24) is 4.90 Å². The molecule has 38 heavy (non-hydrogen) atoms. The minimum atomic E-state index is -0.258. The topological polar surface area (TPSA) is 34.1 Å². The molecule has 0 aromatic heterocycles. The van der Waals surface area contributed by atoms with Gasteiger partial charge in [-0.3, -0.25) is 0 Å². The lowest BCUT2D eigenvalue weighted by molar-refractivity contribution is 0.171. The molecule has 7 rings (SSSR count). The van der Waals surface area contributed by atoms with Gasteiger partial charge in [-0.25, -0.2) is 13.8 Å². The summed E-state index contributed by atoms with van der Waals surface area (Å²) in [6.45, 7) is 1.07. The van der Waals surface area contributed by atoms with Crippen LogP contribution in [0.25, 0.3) is 11.8 Å². The van der Waals surface area contributed by atoms with Gasteiger partial charge in [0.1, 0.15) is 24.8 Å². The van der Waals surface area contributed by atoms with Gasteiger partial charge in [0.2, 0.25) is 0 Å². The van der Waals surface area contributed by atoms with Gasteiger partial charge in [0.05, 0.1) is 17.4 Å². The number of hydrogen-bond acceptors (Lipinski definition) is 5. The highest BCUT2D eigenvalue weighted by atomic mass is 32.2. The molecule has 0 bridgehead atoms. The fraction of sp³-hybridized carbons (Fsp3) is 0.194. The summed E-state index contributed by atoms with van der Waals surface area (Å²) in [6.07, 6.45) is 4.89. The molecular weight excluding hydrogens is 502 g/mol. The molecule has 0 fully saturated rings. The Morgan fingerprint density at radius 3 is 2.39 bits per heavy atom. The quantitative estimate of drug-likeness (QED) is 0.350. The number of allylic oxidation sites excluding steroid dienone is 1. The van der Waals surface area contributed by atoms with Crippen LogP contribution >= 0.6 is 11.8 Å². The number of halogens is 2. The number of aliphatic imine (C=N–C) groups is 1. The highest BCUT2D eigenvalue weighted by Gasteiger charge is 2.40. The molecule has 3 aromatic rings. The molecule has 4 aliphatic rings. The average molecular weight is 527 g/mol. The molecule has 3 heterocycles. The number of ether oxygens (including phenoxy) is 2. The highest BCUT2D eigenvalue weighted by Crippen LogP contribution is 2.51. The summed E-state index contributed by atoms with van der Waals surface area (Å²) in [7, 11) is 0. The summed E-state index contributed by atoms with van der Waals surface area (Å²) in [4.78, 5) is 7.45. The van der Waals surface area contributed by atoms with E-state index in [1.165, 1.54) is 29.8 Å². The third kappa shape index (κ3) is 4.11. The molecule has 0 radical (unpaired) electrons. The summed E-state index contributed by atoms with van der Waals surface area (Å²) in [5.41, 5.74) is 7.36. The predicted octanol–water partition coefficient (Wildman–Crippen LogP) is 7.72. The SMILES string of the molecule is Fc1ccc(C=C2CCCC3=C2N=C2SC=C(c4ccc5c(c4)OCCO5)N2C3c2ccc(F)cc2)cc1. The minimum absolute atomic E-state index is 0.121. The maximum Gasteiger partial charge on any atom is 0.174 e. The van der Waals surface area contributed by atoms with Gasteiger partial charge in [-0.2, -0.15) is 0 Å². The molecule has 0 N–H and O–H groups in total. The zero-order chi connectivity index (χ0) is 25.6. The van der Waals surface area contributed by atoms with Gasteiger partial charge in [0, 0.05) is 11.0 Å². The van der Waals surface area contributed by atoms with Crippen LogP contribution in [0, 0.1) is 11.6 Å². The second-order valence-electron chi connectivity index (χ2n) is 9.65. The Balaban J connectivity index is 1.34. The van der Waals surface area contributed by atoms with Crippen LogP contribution in [0.1, 0.15) is 42.0 Å². The van der Waals surface area contributed by atoms with Crippen molar-refractivity contribution in [3.8, 4) is 11.5 Å². The van der Waals surface area contributed by atoms with Crippen LogP contribution < -0.4 is 9.47 Å². The van der Waals surface area contributed by atoms with Crippen molar-refractivity contribution in [3.63, 3.8) is 0 Å². The molecule has 1 atom stereocenters. The normalized spacial score (nSPS) is 21.2. The average Bonchev–Trinajstić information content (AvgIpc) is 3.37. The molecule has 0 amide bonds. The Kier molecular flexibility index (Phi) is 5.81. The van der Waals surface area contributed by atoms with Gasteiger partial charge in [-0.15, -0.1) is 0 Å². The summed E-state index contributed by atoms with van der Waals surface area (Å²) >= 11 is 1.59. The summed E-state index contributed by atoms with van der Waals surface area (Å²) in [5, 5.41) is 3.01. The number of thioether (sulfide) groups is 1. The van der Waals surface area contributed by atoms with E-state index < -0.39 is 0 Å². The molecule has 0 spiro atoms. The molecule has 1 unspecified atom stereocenters. The number of nitrogens with zero attached hydrogens (tertiary/aromatic N) is 2. The molecule has 3 aliphatic heterocycles. The number of benzene rings is 3. The Bertz CT molecular complexity index is 1540. The smallest absolute Gasteiger partial charge is 0.174 e. The van der Waals surface area contributed by atoms with Gasteiger partial charge in [0.15, 0.2) is 16.7 Å². The Labute approximate surface area is 224 Å². The van der Waals surface area contributed by atoms with Crippen LogP contribution in [-0.4, -0.2) is 23.3 Å². The summed E-state index contributed by atoms with van der Waals surface area (Å²) in [5.74, 6) is 0.983. The standard InChI is InChI=1S/C31H24F2N2O2S/c32-23-9-4-19(5-10-23)16-22-2-1-3-25-29(22)34-31-35(30(25)20-6-11-24(33)12-7-20)26(18-38-31)21-8-13-27-28(17-21)37-15-14-36-27/h4-13,16-18,30H,1-3,14-15H2. The van der Waals surface area contributed by atoms with Crippen LogP contribution in [0.3, 0.4) is 0 Å². The maximum absolute atomic E-state index is 14.0. The van der Waals surface area contributed by atoms with E-state index in [0.717, 1.165) is 69.6 Å². The molecule has 190 valence electrons. The zero-order valence-corrected chi connectivity index (χ0v) is 21.3. The van der Waals surface area contributed by atoms with Crippen molar-refractivity contribution in [2.45, 2.75) is 25.3 Å². The first kappa shape index (κ1) is 23.3. The van der Waals surface area contributed by atoms with Crippen LogP contribution in [0.4, 0.5) is 8.78 Å². The van der Waals surface area contributed by atoms with Gasteiger partial charge in [0.25, 0.3) is 0 Å². The van der Waals surface area contributed by atoms with E-state index >= 15 is 0 Å². The van der Waals surface area contributed by atoms with Crippen molar-refractivity contribution in [2.24, 2.45) is 4.99 Å². The van der Waals surface area contributed by atoms with Crippen LogP contribution in [-0.2, 0) is 0 Å². The second-order valence-corrected chi connectivity index (χ2v) is 10.5. The monoisotopic (exact) mass is 526 g/mol. The Morgan fingerprint density at radius 1 is 0.868 bits per heavy atom. The van der Waals surface area contributed by atoms with Gasteiger partial charge in [-0.05, 0) is 90.1 Å². The van der Waals surface area contributed by atoms with Crippen LogP contribution in [0.2, 0.25) is 0 Å². The molecule has 4 nitrogen and oxygen atoms in total. The minimum Gasteiger partial charge on any atom is -0.486 e. The van der Waals surface area contributed by atoms with Gasteiger partial charge in [-0.1, -0.05) is 36.0 Å². The highest BCUT2D eigenvalue weighted by molar-refractivity contribution is 8.16. The molecule has 7 heteroatoms. The lowest BCUT2D eigenvalue weighted by Gasteiger charge is -2.40. The number of fused-ring (bicyclic) bond motifs is 2. The van der Waals surface area contributed by atoms with E-state index in [4.69, 9.17) is 14.5 Å². The third-order valence-corrected chi connectivity index (χ3v) is 8.11. The van der Waals surface area contributed by atoms with Crippen molar-refractivity contribution in [3.05, 3.63) is 117 Å². The third-order valence-electron chi connectivity index (χ3n) is 7.27. The van der Waals surface area contributed by atoms with Gasteiger partial charge >= 0.3 is 0 Å². The largest absolute Gasteiger partial charge is 0.486 e. The van der Waals surface area contributed by atoms with Crippen molar-refractivity contribution >= 4 is 28.7 Å². The molecular formula is C31H24F2N2O2S. The lowest BCUT2D eigenvalue weighted by atomic mass is 9.82. The van der Waals surface area contributed by atoms with Crippen molar-refractivity contribution in [1.29, 1.82) is 0 Å². The second kappa shape index (κ2) is 9.48. The number of amidine groups is 1. The van der Waals surface area contributed by atoms with E-state index in [9.17, 15) is 8.78 Å². The summed E-state index contributed by atoms with van der Waals surface area (Å²) in [6, 6.07) is 19.3. The van der Waals surface area contributed by atoms with Crippen LogP contribution in [0.5, 0.6) is 11.5 Å². The van der Waals surface area contributed by atoms with Crippen molar-refractivity contribution in [2.75, 3.05) is 13.2 Å². The first-order chi connectivity index (χ1) is 18.6. The fourth-order valence-electron chi connectivity index (χ4n) is 5.53. The van der Waals surface area contributed by atoms with E-state index in [1.54, 1.807) is 23.9 Å². The number of rotatable bonds is 3. The zero-order valence-electron chi connectivity index (χ0n) is 20.5. The number of hydrogen-bond donors (Lipinski definition) is 0. The molecule has 0 saturated heterocycles. The summed E-state index contributed by atoms with van der Waals surface area (Å²) < 4.78 is 39.1. The molecule has 1 aliphatic carbocycles. The van der Waals surface area contributed by atoms with E-state index in [-0.39, 0.29) is 17.7 Å². The molecule has 0 saturated carbocycles. The van der Waals surface area contributed by atoms with Crippen molar-refractivity contribution < 1.29 is 18.3 Å². The molecule has 3 aromatic carbocycles. The first-order valence-electron chi connectivity index (χ1n) is 12.7. The van der Waals surface area contributed by atoms with Crippen LogP contribution in [0.15, 0.2) is 94.0 Å². The first-order valence-corrected chi connectivity index (χ1v) is 13.6. The van der Waals surface area contributed by atoms with E-state index in [0.29, 0.717) is 13.2 Å².